The van der Waals surface area contributed by atoms with Crippen molar-refractivity contribution < 1.29 is 9.84 Å². The molecular formula is C15H18N2O2. The third kappa shape index (κ3) is 3.29. The number of hydrogen-bond acceptors (Lipinski definition) is 4. The van der Waals surface area contributed by atoms with Crippen LogP contribution in [0.25, 0.3) is 0 Å². The zero-order valence-corrected chi connectivity index (χ0v) is 11.4. The van der Waals surface area contributed by atoms with Gasteiger partial charge in [0.25, 0.3) is 0 Å². The molecule has 4 nitrogen and oxygen atoms in total. The number of aryl methyl sites for hydroxylation is 1. The van der Waals surface area contributed by atoms with Gasteiger partial charge in [0.1, 0.15) is 5.75 Å². The summed E-state index contributed by atoms with van der Waals surface area (Å²) in [5.41, 5.74) is 2.75. The maximum atomic E-state index is 9.04. The van der Waals surface area contributed by atoms with Crippen LogP contribution < -0.4 is 4.74 Å². The highest BCUT2D eigenvalue weighted by Gasteiger charge is 2.07. The van der Waals surface area contributed by atoms with Gasteiger partial charge in [0.2, 0.25) is 5.88 Å². The lowest BCUT2D eigenvalue weighted by atomic mass is 10.0. The zero-order chi connectivity index (χ0) is 13.8. The van der Waals surface area contributed by atoms with Gasteiger partial charge in [-0.2, -0.15) is 0 Å². The van der Waals surface area contributed by atoms with Crippen molar-refractivity contribution in [2.24, 2.45) is 0 Å². The first-order valence-electron chi connectivity index (χ1n) is 6.30. The van der Waals surface area contributed by atoms with E-state index in [-0.39, 0.29) is 6.61 Å². The molecule has 0 aliphatic carbocycles. The molecule has 19 heavy (non-hydrogen) atoms. The quantitative estimate of drug-likeness (QED) is 0.915. The summed E-state index contributed by atoms with van der Waals surface area (Å²) in [7, 11) is 0. The number of ether oxygens (including phenoxy) is 1. The van der Waals surface area contributed by atoms with E-state index in [1.165, 1.54) is 11.8 Å². The molecule has 4 heteroatoms. The molecular weight excluding hydrogens is 240 g/mol. The Morgan fingerprint density at radius 2 is 2.05 bits per heavy atom. The highest BCUT2D eigenvalue weighted by atomic mass is 16.5. The fraction of sp³-hybridized carbons (Fsp3) is 0.333. The lowest BCUT2D eigenvalue weighted by molar-refractivity contribution is 0.274. The molecule has 1 aromatic carbocycles. The van der Waals surface area contributed by atoms with Gasteiger partial charge in [-0.1, -0.05) is 26.0 Å². The summed E-state index contributed by atoms with van der Waals surface area (Å²) in [6.07, 6.45) is 3.06. The molecule has 0 saturated heterocycles. The van der Waals surface area contributed by atoms with E-state index in [9.17, 15) is 0 Å². The van der Waals surface area contributed by atoms with Crippen LogP contribution in [0, 0.1) is 6.92 Å². The van der Waals surface area contributed by atoms with Crippen molar-refractivity contribution >= 4 is 0 Å². The smallest absolute Gasteiger partial charge is 0.238 e. The van der Waals surface area contributed by atoms with Crippen LogP contribution in [0.1, 0.15) is 36.6 Å². The van der Waals surface area contributed by atoms with Crippen LogP contribution in [-0.2, 0) is 6.61 Å². The van der Waals surface area contributed by atoms with Crippen molar-refractivity contribution in [1.29, 1.82) is 0 Å². The molecule has 0 bridgehead atoms. The van der Waals surface area contributed by atoms with Gasteiger partial charge in [-0.3, -0.25) is 4.98 Å². The van der Waals surface area contributed by atoms with Crippen molar-refractivity contribution in [2.45, 2.75) is 33.3 Å². The van der Waals surface area contributed by atoms with Gasteiger partial charge < -0.3 is 9.84 Å². The van der Waals surface area contributed by atoms with Gasteiger partial charge in [-0.05, 0) is 30.0 Å². The number of hydrogen-bond donors (Lipinski definition) is 1. The maximum absolute atomic E-state index is 9.04. The van der Waals surface area contributed by atoms with E-state index in [2.05, 4.69) is 29.9 Å². The average Bonchev–Trinajstić information content (AvgIpc) is 2.41. The van der Waals surface area contributed by atoms with E-state index in [0.717, 1.165) is 11.3 Å². The first-order chi connectivity index (χ1) is 9.10. The van der Waals surface area contributed by atoms with E-state index in [1.807, 2.05) is 19.1 Å². The number of aliphatic hydroxyl groups excluding tert-OH is 1. The molecule has 0 unspecified atom stereocenters. The van der Waals surface area contributed by atoms with Crippen LogP contribution in [-0.4, -0.2) is 15.1 Å². The predicted octanol–water partition coefficient (Wildman–Crippen LogP) is 3.19. The largest absolute Gasteiger partial charge is 0.437 e. The summed E-state index contributed by atoms with van der Waals surface area (Å²) in [4.78, 5) is 8.16. The Morgan fingerprint density at radius 3 is 2.74 bits per heavy atom. The molecule has 0 amide bonds. The number of rotatable bonds is 4. The Labute approximate surface area is 113 Å². The fourth-order valence-electron chi connectivity index (χ4n) is 1.71. The minimum absolute atomic E-state index is 0.144. The monoisotopic (exact) mass is 258 g/mol. The molecule has 100 valence electrons. The van der Waals surface area contributed by atoms with Crippen molar-refractivity contribution in [3.8, 4) is 11.6 Å². The second-order valence-electron chi connectivity index (χ2n) is 4.79. The zero-order valence-electron chi connectivity index (χ0n) is 11.4. The Hall–Kier alpha value is -1.94. The van der Waals surface area contributed by atoms with Gasteiger partial charge >= 0.3 is 0 Å². The SMILES string of the molecule is Cc1ccc(C(C)C)cc1Oc1cncc(CO)n1. The normalized spacial score (nSPS) is 10.8. The summed E-state index contributed by atoms with van der Waals surface area (Å²) >= 11 is 0. The van der Waals surface area contributed by atoms with E-state index in [4.69, 9.17) is 9.84 Å². The molecule has 1 heterocycles. The molecule has 0 aliphatic rings. The van der Waals surface area contributed by atoms with Crippen LogP contribution in [0.3, 0.4) is 0 Å². The van der Waals surface area contributed by atoms with Crippen molar-refractivity contribution in [3.63, 3.8) is 0 Å². The van der Waals surface area contributed by atoms with Gasteiger partial charge in [-0.25, -0.2) is 4.98 Å². The molecule has 0 fully saturated rings. The Kier molecular flexibility index (Phi) is 4.12. The summed E-state index contributed by atoms with van der Waals surface area (Å²) in [6, 6.07) is 6.16. The van der Waals surface area contributed by atoms with Crippen LogP contribution >= 0.6 is 0 Å². The molecule has 2 rings (SSSR count). The highest BCUT2D eigenvalue weighted by Crippen LogP contribution is 2.27. The molecule has 0 atom stereocenters. The third-order valence-corrected chi connectivity index (χ3v) is 2.92. The second-order valence-corrected chi connectivity index (χ2v) is 4.79. The van der Waals surface area contributed by atoms with E-state index in [0.29, 0.717) is 17.5 Å². The van der Waals surface area contributed by atoms with E-state index >= 15 is 0 Å². The van der Waals surface area contributed by atoms with Crippen LogP contribution in [0.15, 0.2) is 30.6 Å². The van der Waals surface area contributed by atoms with Crippen molar-refractivity contribution in [1.82, 2.24) is 9.97 Å². The molecule has 2 aromatic rings. The Bertz CT molecular complexity index is 568. The standard InChI is InChI=1S/C15H18N2O2/c1-10(2)12-5-4-11(3)14(6-12)19-15-8-16-7-13(9-18)17-15/h4-8,10,18H,9H2,1-3H3. The first kappa shape index (κ1) is 13.5. The number of aliphatic hydroxyl groups is 1. The average molecular weight is 258 g/mol. The van der Waals surface area contributed by atoms with E-state index in [1.54, 1.807) is 6.20 Å². The minimum atomic E-state index is -0.144. The molecule has 0 aliphatic heterocycles. The number of benzene rings is 1. The molecule has 0 saturated carbocycles. The molecule has 0 radical (unpaired) electrons. The lowest BCUT2D eigenvalue weighted by Gasteiger charge is -2.12. The first-order valence-corrected chi connectivity index (χ1v) is 6.30. The maximum Gasteiger partial charge on any atom is 0.238 e. The van der Waals surface area contributed by atoms with Crippen LogP contribution in [0.5, 0.6) is 11.6 Å². The second kappa shape index (κ2) is 5.80. The summed E-state index contributed by atoms with van der Waals surface area (Å²) < 4.78 is 5.76. The minimum Gasteiger partial charge on any atom is -0.437 e. The summed E-state index contributed by atoms with van der Waals surface area (Å²) in [5, 5.41) is 9.04. The van der Waals surface area contributed by atoms with Crippen LogP contribution in [0.2, 0.25) is 0 Å². The predicted molar refractivity (Wildman–Crippen MR) is 73.3 cm³/mol. The molecule has 0 spiro atoms. The van der Waals surface area contributed by atoms with Crippen LogP contribution in [0.4, 0.5) is 0 Å². The summed E-state index contributed by atoms with van der Waals surface area (Å²) in [5.74, 6) is 1.61. The van der Waals surface area contributed by atoms with Gasteiger partial charge in [0, 0.05) is 0 Å². The molecule has 1 N–H and O–H groups in total. The lowest BCUT2D eigenvalue weighted by Crippen LogP contribution is -1.97. The van der Waals surface area contributed by atoms with Crippen molar-refractivity contribution in [2.75, 3.05) is 0 Å². The number of nitrogens with zero attached hydrogens (tertiary/aromatic N) is 2. The third-order valence-electron chi connectivity index (χ3n) is 2.92. The Balaban J connectivity index is 2.29. The highest BCUT2D eigenvalue weighted by molar-refractivity contribution is 5.39. The fourth-order valence-corrected chi connectivity index (χ4v) is 1.71. The topological polar surface area (TPSA) is 55.2 Å². The van der Waals surface area contributed by atoms with Crippen molar-refractivity contribution in [3.05, 3.63) is 47.4 Å². The van der Waals surface area contributed by atoms with Gasteiger partial charge in [0.05, 0.1) is 24.7 Å². The van der Waals surface area contributed by atoms with E-state index < -0.39 is 0 Å². The Morgan fingerprint density at radius 1 is 1.26 bits per heavy atom. The molecule has 1 aromatic heterocycles. The van der Waals surface area contributed by atoms with Gasteiger partial charge in [0.15, 0.2) is 0 Å². The van der Waals surface area contributed by atoms with Gasteiger partial charge in [-0.15, -0.1) is 0 Å². The number of aromatic nitrogens is 2. The summed E-state index contributed by atoms with van der Waals surface area (Å²) in [6.45, 7) is 6.12.